The molecule has 2 aromatic rings. The molecule has 26 heavy (non-hydrogen) atoms. The maximum Gasteiger partial charge on any atom is 0.359 e. The Labute approximate surface area is 149 Å². The molecule has 0 saturated carbocycles. The lowest BCUT2D eigenvalue weighted by Crippen LogP contribution is -2.31. The van der Waals surface area contributed by atoms with Crippen LogP contribution in [0.15, 0.2) is 35.1 Å². The zero-order valence-corrected chi connectivity index (χ0v) is 14.8. The van der Waals surface area contributed by atoms with Gasteiger partial charge in [-0.05, 0) is 25.1 Å². The largest absolute Gasteiger partial charge is 0.493 e. The number of esters is 1. The summed E-state index contributed by atoms with van der Waals surface area (Å²) in [6.45, 7) is 1.43. The van der Waals surface area contributed by atoms with Crippen molar-refractivity contribution in [2.24, 2.45) is 7.05 Å². The average Bonchev–Trinajstić information content (AvgIpc) is 2.63. The number of anilines is 1. The van der Waals surface area contributed by atoms with Gasteiger partial charge in [0.1, 0.15) is 0 Å². The highest BCUT2D eigenvalue weighted by atomic mass is 16.5. The van der Waals surface area contributed by atoms with Crippen LogP contribution in [-0.4, -0.2) is 42.0 Å². The second-order valence-electron chi connectivity index (χ2n) is 5.29. The zero-order chi connectivity index (χ0) is 19.3. The second-order valence-corrected chi connectivity index (χ2v) is 5.29. The topological polar surface area (TPSA) is 109 Å². The number of aromatic nitrogens is 2. The first kappa shape index (κ1) is 19.0. The normalized spacial score (nSPS) is 11.4. The summed E-state index contributed by atoms with van der Waals surface area (Å²) in [5.74, 6) is -0.374. The molecule has 0 fully saturated rings. The molecule has 1 heterocycles. The number of carbonyl (C=O) groups is 2. The van der Waals surface area contributed by atoms with Crippen molar-refractivity contribution in [3.05, 3.63) is 46.4 Å². The number of carbonyl (C=O) groups excluding carboxylic acids is 2. The van der Waals surface area contributed by atoms with E-state index in [0.29, 0.717) is 17.2 Å². The molecule has 0 saturated heterocycles. The fourth-order valence-corrected chi connectivity index (χ4v) is 2.04. The van der Waals surface area contributed by atoms with Gasteiger partial charge in [0.25, 0.3) is 11.5 Å². The van der Waals surface area contributed by atoms with Crippen molar-refractivity contribution in [1.82, 2.24) is 9.78 Å². The minimum atomic E-state index is -1.07. The van der Waals surface area contributed by atoms with Crippen molar-refractivity contribution >= 4 is 17.6 Å². The molecule has 1 unspecified atom stereocenters. The van der Waals surface area contributed by atoms with Crippen LogP contribution in [0.4, 0.5) is 5.69 Å². The van der Waals surface area contributed by atoms with Gasteiger partial charge in [0.2, 0.25) is 0 Å². The smallest absolute Gasteiger partial charge is 0.359 e. The first-order valence-electron chi connectivity index (χ1n) is 7.64. The van der Waals surface area contributed by atoms with Gasteiger partial charge in [-0.2, -0.15) is 5.10 Å². The van der Waals surface area contributed by atoms with Crippen LogP contribution in [0.2, 0.25) is 0 Å². The Hall–Kier alpha value is -3.36. The molecule has 1 aromatic heterocycles. The van der Waals surface area contributed by atoms with E-state index in [0.717, 1.165) is 4.68 Å². The highest BCUT2D eigenvalue weighted by molar-refractivity contribution is 5.97. The second kappa shape index (κ2) is 8.15. The summed E-state index contributed by atoms with van der Waals surface area (Å²) in [4.78, 5) is 35.6. The van der Waals surface area contributed by atoms with Crippen LogP contribution in [0.3, 0.4) is 0 Å². The number of rotatable bonds is 6. The summed E-state index contributed by atoms with van der Waals surface area (Å²) in [6, 6.07) is 7.28. The van der Waals surface area contributed by atoms with Crippen LogP contribution in [0, 0.1) is 0 Å². The van der Waals surface area contributed by atoms with Crippen molar-refractivity contribution in [2.75, 3.05) is 19.5 Å². The van der Waals surface area contributed by atoms with Gasteiger partial charge in [-0.25, -0.2) is 9.48 Å². The van der Waals surface area contributed by atoms with E-state index in [2.05, 4.69) is 10.4 Å². The Balaban J connectivity index is 2.04. The Morgan fingerprint density at radius 1 is 1.12 bits per heavy atom. The van der Waals surface area contributed by atoms with E-state index in [9.17, 15) is 14.4 Å². The molecule has 1 amide bonds. The molecule has 2 rings (SSSR count). The predicted molar refractivity (Wildman–Crippen MR) is 92.5 cm³/mol. The summed E-state index contributed by atoms with van der Waals surface area (Å²) in [5.41, 5.74) is 0.0226. The van der Waals surface area contributed by atoms with Gasteiger partial charge in [0.15, 0.2) is 23.3 Å². The predicted octanol–water partition coefficient (Wildman–Crippen LogP) is 0.981. The van der Waals surface area contributed by atoms with E-state index in [-0.39, 0.29) is 11.3 Å². The standard InChI is InChI=1S/C17H19N3O6/c1-10(26-17(23)12-6-8-15(21)20(2)19-12)16(22)18-11-5-7-13(24-3)14(9-11)25-4/h5-10H,1-4H3,(H,18,22). The number of amides is 1. The van der Waals surface area contributed by atoms with Crippen LogP contribution in [0.1, 0.15) is 17.4 Å². The maximum absolute atomic E-state index is 12.2. The molecule has 0 spiro atoms. The molecule has 138 valence electrons. The molecular formula is C17H19N3O6. The summed E-state index contributed by atoms with van der Waals surface area (Å²) in [7, 11) is 4.39. The molecule has 9 nitrogen and oxygen atoms in total. The van der Waals surface area contributed by atoms with Gasteiger partial charge in [0.05, 0.1) is 14.2 Å². The quantitative estimate of drug-likeness (QED) is 0.764. The van der Waals surface area contributed by atoms with Crippen molar-refractivity contribution < 1.29 is 23.8 Å². The summed E-state index contributed by atoms with van der Waals surface area (Å²) >= 11 is 0. The van der Waals surface area contributed by atoms with E-state index in [1.165, 1.54) is 40.3 Å². The van der Waals surface area contributed by atoms with Crippen molar-refractivity contribution in [1.29, 1.82) is 0 Å². The van der Waals surface area contributed by atoms with Crippen LogP contribution >= 0.6 is 0 Å². The number of aryl methyl sites for hydroxylation is 1. The average molecular weight is 361 g/mol. The number of nitrogens with one attached hydrogen (secondary N) is 1. The van der Waals surface area contributed by atoms with Gasteiger partial charge in [-0.3, -0.25) is 9.59 Å². The molecule has 1 aromatic carbocycles. The minimum Gasteiger partial charge on any atom is -0.493 e. The van der Waals surface area contributed by atoms with E-state index >= 15 is 0 Å². The van der Waals surface area contributed by atoms with Gasteiger partial charge in [0, 0.05) is 24.9 Å². The van der Waals surface area contributed by atoms with Crippen molar-refractivity contribution in [2.45, 2.75) is 13.0 Å². The van der Waals surface area contributed by atoms with Crippen LogP contribution in [-0.2, 0) is 16.6 Å². The lowest BCUT2D eigenvalue weighted by atomic mass is 10.2. The molecule has 0 aliphatic carbocycles. The van der Waals surface area contributed by atoms with Gasteiger partial charge >= 0.3 is 5.97 Å². The van der Waals surface area contributed by atoms with Crippen LogP contribution < -0.4 is 20.3 Å². The Bertz CT molecular complexity index is 877. The molecule has 0 radical (unpaired) electrons. The Morgan fingerprint density at radius 2 is 1.81 bits per heavy atom. The first-order valence-corrected chi connectivity index (χ1v) is 7.64. The molecule has 0 aliphatic heterocycles. The number of nitrogens with zero attached hydrogens (tertiary/aromatic N) is 2. The number of hydrogen-bond donors (Lipinski definition) is 1. The highest BCUT2D eigenvalue weighted by Gasteiger charge is 2.20. The SMILES string of the molecule is COc1ccc(NC(=O)C(C)OC(=O)c2ccc(=O)n(C)n2)cc1OC. The number of benzene rings is 1. The number of ether oxygens (including phenoxy) is 3. The molecular weight excluding hydrogens is 342 g/mol. The molecule has 9 heteroatoms. The fourth-order valence-electron chi connectivity index (χ4n) is 2.04. The molecule has 0 bridgehead atoms. The Morgan fingerprint density at radius 3 is 2.42 bits per heavy atom. The molecule has 1 atom stereocenters. The monoisotopic (exact) mass is 361 g/mol. The van der Waals surface area contributed by atoms with Crippen molar-refractivity contribution in [3.8, 4) is 11.5 Å². The van der Waals surface area contributed by atoms with E-state index in [1.807, 2.05) is 0 Å². The molecule has 1 N–H and O–H groups in total. The first-order chi connectivity index (χ1) is 12.3. The number of hydrogen-bond acceptors (Lipinski definition) is 7. The lowest BCUT2D eigenvalue weighted by Gasteiger charge is -2.14. The third-order valence-electron chi connectivity index (χ3n) is 3.47. The van der Waals surface area contributed by atoms with Crippen LogP contribution in [0.25, 0.3) is 0 Å². The summed E-state index contributed by atoms with van der Waals surface area (Å²) in [6.07, 6.45) is -1.07. The van der Waals surface area contributed by atoms with Gasteiger partial charge < -0.3 is 19.5 Å². The van der Waals surface area contributed by atoms with E-state index < -0.39 is 18.0 Å². The van der Waals surface area contributed by atoms with Gasteiger partial charge in [-0.1, -0.05) is 0 Å². The lowest BCUT2D eigenvalue weighted by molar-refractivity contribution is -0.123. The van der Waals surface area contributed by atoms with Crippen molar-refractivity contribution in [3.63, 3.8) is 0 Å². The van der Waals surface area contributed by atoms with E-state index in [1.54, 1.807) is 18.2 Å². The van der Waals surface area contributed by atoms with Crippen LogP contribution in [0.5, 0.6) is 11.5 Å². The number of methoxy groups -OCH3 is 2. The third kappa shape index (κ3) is 4.38. The fraction of sp³-hybridized carbons (Fsp3) is 0.294. The third-order valence-corrected chi connectivity index (χ3v) is 3.47. The van der Waals surface area contributed by atoms with E-state index in [4.69, 9.17) is 14.2 Å². The zero-order valence-electron chi connectivity index (χ0n) is 14.8. The maximum atomic E-state index is 12.2. The summed E-state index contributed by atoms with van der Waals surface area (Å²) < 4.78 is 16.4. The highest BCUT2D eigenvalue weighted by Crippen LogP contribution is 2.29. The molecule has 0 aliphatic rings. The van der Waals surface area contributed by atoms with Gasteiger partial charge in [-0.15, -0.1) is 0 Å². The summed E-state index contributed by atoms with van der Waals surface area (Å²) in [5, 5.41) is 6.40. The Kier molecular flexibility index (Phi) is 5.94. The minimum absolute atomic E-state index is 0.0714.